The third kappa shape index (κ3) is 4.90. The second kappa shape index (κ2) is 9.23. The first-order valence-corrected chi connectivity index (χ1v) is 11.7. The van der Waals surface area contributed by atoms with Crippen molar-refractivity contribution in [2.45, 2.75) is 39.2 Å². The van der Waals surface area contributed by atoms with Gasteiger partial charge in [0, 0.05) is 52.1 Å². The molecular weight excluding hydrogens is 430 g/mol. The Morgan fingerprint density at radius 2 is 1.97 bits per heavy atom. The van der Waals surface area contributed by atoms with Crippen LogP contribution >= 0.6 is 11.3 Å². The standard InChI is InChI=1S/C22H27N5O4S/c1-17-23-19(27(30)31)14-25(17)9-4-21(29)26-12-8-22(16-26)6-10-24(11-7-22)20(28)3-2-18-5-13-32-15-18/h2-3,5,13-15H,4,6-12,16H2,1H3/b3-2+. The number of carbonyl (C=O) groups is 2. The van der Waals surface area contributed by atoms with Crippen molar-refractivity contribution in [2.75, 3.05) is 26.2 Å². The van der Waals surface area contributed by atoms with Crippen LogP contribution in [0.3, 0.4) is 0 Å². The minimum absolute atomic E-state index is 0.0433. The monoisotopic (exact) mass is 457 g/mol. The molecule has 0 aromatic carbocycles. The van der Waals surface area contributed by atoms with E-state index in [1.165, 1.54) is 6.20 Å². The Balaban J connectivity index is 1.25. The van der Waals surface area contributed by atoms with Crippen LogP contribution in [0.25, 0.3) is 6.08 Å². The van der Waals surface area contributed by atoms with Crippen LogP contribution in [0.15, 0.2) is 29.1 Å². The van der Waals surface area contributed by atoms with E-state index in [0.29, 0.717) is 31.9 Å². The summed E-state index contributed by atoms with van der Waals surface area (Å²) in [7, 11) is 0. The summed E-state index contributed by atoms with van der Waals surface area (Å²) < 4.78 is 1.66. The van der Waals surface area contributed by atoms with E-state index in [9.17, 15) is 19.7 Å². The maximum atomic E-state index is 12.8. The van der Waals surface area contributed by atoms with E-state index >= 15 is 0 Å². The molecule has 2 aromatic heterocycles. The normalized spacial score (nSPS) is 18.0. The molecule has 2 aromatic rings. The minimum Gasteiger partial charge on any atom is -0.358 e. The first kappa shape index (κ1) is 22.2. The van der Waals surface area contributed by atoms with Gasteiger partial charge in [-0.05, 0) is 63.1 Å². The second-order valence-corrected chi connectivity index (χ2v) is 9.41. The van der Waals surface area contributed by atoms with Crippen LogP contribution < -0.4 is 0 Å². The van der Waals surface area contributed by atoms with Gasteiger partial charge in [0.15, 0.2) is 0 Å². The van der Waals surface area contributed by atoms with E-state index in [-0.39, 0.29) is 23.0 Å². The molecule has 2 aliphatic heterocycles. The van der Waals surface area contributed by atoms with Crippen molar-refractivity contribution in [1.29, 1.82) is 0 Å². The molecular formula is C22H27N5O4S. The molecule has 2 saturated heterocycles. The van der Waals surface area contributed by atoms with Gasteiger partial charge in [-0.2, -0.15) is 11.3 Å². The van der Waals surface area contributed by atoms with Crippen molar-refractivity contribution in [2.24, 2.45) is 5.41 Å². The summed E-state index contributed by atoms with van der Waals surface area (Å²) in [6, 6.07) is 1.99. The van der Waals surface area contributed by atoms with Gasteiger partial charge >= 0.3 is 5.82 Å². The molecule has 1 spiro atoms. The number of hydrogen-bond donors (Lipinski definition) is 0. The van der Waals surface area contributed by atoms with E-state index in [1.54, 1.807) is 28.9 Å². The molecule has 2 amide bonds. The fourth-order valence-electron chi connectivity index (χ4n) is 4.58. The Bertz CT molecular complexity index is 1020. The molecule has 170 valence electrons. The summed E-state index contributed by atoms with van der Waals surface area (Å²) in [6.45, 7) is 4.97. The molecule has 0 saturated carbocycles. The van der Waals surface area contributed by atoms with Crippen LogP contribution in [0.1, 0.15) is 37.1 Å². The molecule has 0 radical (unpaired) electrons. The molecule has 9 nitrogen and oxygen atoms in total. The number of nitrogens with zero attached hydrogens (tertiary/aromatic N) is 5. The van der Waals surface area contributed by atoms with Gasteiger partial charge in [-0.25, -0.2) is 0 Å². The third-order valence-electron chi connectivity index (χ3n) is 6.61. The number of piperidine rings is 1. The zero-order valence-electron chi connectivity index (χ0n) is 18.1. The predicted octanol–water partition coefficient (Wildman–Crippen LogP) is 3.11. The van der Waals surface area contributed by atoms with Crippen LogP contribution in [0.4, 0.5) is 5.82 Å². The Morgan fingerprint density at radius 3 is 2.59 bits per heavy atom. The molecule has 2 aliphatic rings. The fraction of sp³-hybridized carbons (Fsp3) is 0.500. The lowest BCUT2D eigenvalue weighted by Crippen LogP contribution is -2.44. The van der Waals surface area contributed by atoms with Gasteiger partial charge in [0.25, 0.3) is 0 Å². The van der Waals surface area contributed by atoms with Gasteiger partial charge in [-0.1, -0.05) is 0 Å². The van der Waals surface area contributed by atoms with Crippen LogP contribution in [-0.4, -0.2) is 62.3 Å². The van der Waals surface area contributed by atoms with Crippen LogP contribution in [-0.2, 0) is 16.1 Å². The average Bonchev–Trinajstić information content (AvgIpc) is 3.52. The van der Waals surface area contributed by atoms with Crippen LogP contribution in [0.5, 0.6) is 0 Å². The Hall–Kier alpha value is -3.01. The Labute approximate surface area is 190 Å². The molecule has 0 bridgehead atoms. The molecule has 0 unspecified atom stereocenters. The topological polar surface area (TPSA) is 102 Å². The first-order chi connectivity index (χ1) is 15.3. The quantitative estimate of drug-likeness (QED) is 0.377. The van der Waals surface area contributed by atoms with Crippen molar-refractivity contribution in [3.63, 3.8) is 0 Å². The molecule has 0 N–H and O–H groups in total. The van der Waals surface area contributed by atoms with Crippen LogP contribution in [0, 0.1) is 22.5 Å². The maximum absolute atomic E-state index is 12.8. The lowest BCUT2D eigenvalue weighted by atomic mass is 9.78. The Kier molecular flexibility index (Phi) is 6.40. The predicted molar refractivity (Wildman–Crippen MR) is 121 cm³/mol. The van der Waals surface area contributed by atoms with Gasteiger partial charge in [-0.15, -0.1) is 0 Å². The zero-order chi connectivity index (χ0) is 22.7. The highest BCUT2D eigenvalue weighted by Crippen LogP contribution is 2.40. The smallest absolute Gasteiger partial charge is 0.358 e. The number of rotatable bonds is 6. The van der Waals surface area contributed by atoms with Crippen molar-refractivity contribution >= 4 is 35.0 Å². The molecule has 0 aliphatic carbocycles. The number of imidazole rings is 1. The summed E-state index contributed by atoms with van der Waals surface area (Å²) in [5, 5.41) is 14.9. The number of thiophene rings is 1. The summed E-state index contributed by atoms with van der Waals surface area (Å²) >= 11 is 1.61. The Morgan fingerprint density at radius 1 is 1.25 bits per heavy atom. The average molecular weight is 458 g/mol. The van der Waals surface area contributed by atoms with Crippen molar-refractivity contribution in [1.82, 2.24) is 19.4 Å². The van der Waals surface area contributed by atoms with Crippen molar-refractivity contribution < 1.29 is 14.5 Å². The van der Waals surface area contributed by atoms with E-state index in [2.05, 4.69) is 4.98 Å². The number of likely N-dealkylation sites (tertiary alicyclic amines) is 2. The lowest BCUT2D eigenvalue weighted by molar-refractivity contribution is -0.389. The fourth-order valence-corrected chi connectivity index (χ4v) is 5.21. The first-order valence-electron chi connectivity index (χ1n) is 10.8. The van der Waals surface area contributed by atoms with E-state index in [1.807, 2.05) is 32.7 Å². The summed E-state index contributed by atoms with van der Waals surface area (Å²) in [6.07, 6.45) is 7.95. The highest BCUT2D eigenvalue weighted by molar-refractivity contribution is 7.08. The highest BCUT2D eigenvalue weighted by atomic mass is 32.1. The van der Waals surface area contributed by atoms with Crippen molar-refractivity contribution in [3.8, 4) is 0 Å². The molecule has 4 rings (SSSR count). The number of carbonyl (C=O) groups excluding carboxylic acids is 2. The number of nitro groups is 1. The molecule has 10 heteroatoms. The highest BCUT2D eigenvalue weighted by Gasteiger charge is 2.42. The third-order valence-corrected chi connectivity index (χ3v) is 7.31. The lowest BCUT2D eigenvalue weighted by Gasteiger charge is -2.39. The number of aromatic nitrogens is 2. The van der Waals surface area contributed by atoms with Crippen LogP contribution in [0.2, 0.25) is 0 Å². The summed E-state index contributed by atoms with van der Waals surface area (Å²) in [4.78, 5) is 43.3. The number of amides is 2. The zero-order valence-corrected chi connectivity index (χ0v) is 18.9. The number of aryl methyl sites for hydroxylation is 2. The van der Waals surface area contributed by atoms with Gasteiger partial charge < -0.3 is 24.5 Å². The largest absolute Gasteiger partial charge is 0.381 e. The summed E-state index contributed by atoms with van der Waals surface area (Å²) in [5.41, 5.74) is 1.13. The van der Waals surface area contributed by atoms with E-state index in [4.69, 9.17) is 0 Å². The van der Waals surface area contributed by atoms with Gasteiger partial charge in [0.05, 0.1) is 0 Å². The molecule has 2 fully saturated rings. The second-order valence-electron chi connectivity index (χ2n) is 8.63. The van der Waals surface area contributed by atoms with Gasteiger partial charge in [0.1, 0.15) is 6.20 Å². The molecule has 32 heavy (non-hydrogen) atoms. The van der Waals surface area contributed by atoms with Gasteiger partial charge in [-0.3, -0.25) is 9.59 Å². The van der Waals surface area contributed by atoms with E-state index in [0.717, 1.165) is 37.9 Å². The summed E-state index contributed by atoms with van der Waals surface area (Å²) in [5.74, 6) is 0.450. The number of hydrogen-bond acceptors (Lipinski definition) is 6. The molecule has 0 atom stereocenters. The SMILES string of the molecule is Cc1nc([N+](=O)[O-])cn1CCC(=O)N1CCC2(CCN(C(=O)/C=C/c3ccsc3)CC2)C1. The molecule has 4 heterocycles. The van der Waals surface area contributed by atoms with Gasteiger partial charge in [0.2, 0.25) is 17.6 Å². The van der Waals surface area contributed by atoms with E-state index < -0.39 is 4.92 Å². The maximum Gasteiger partial charge on any atom is 0.381 e. The van der Waals surface area contributed by atoms with Crippen molar-refractivity contribution in [3.05, 3.63) is 50.6 Å². The minimum atomic E-state index is -0.523.